The number of nitrogens with zero attached hydrogens (tertiary/aromatic N) is 2. The van der Waals surface area contributed by atoms with E-state index < -0.39 is 11.6 Å². The molecule has 9 heteroatoms. The van der Waals surface area contributed by atoms with Crippen LogP contribution >= 0.6 is 11.3 Å². The molecule has 2 aliphatic rings. The van der Waals surface area contributed by atoms with Gasteiger partial charge in [0.05, 0.1) is 28.7 Å². The summed E-state index contributed by atoms with van der Waals surface area (Å²) in [6.45, 7) is 9.68. The Labute approximate surface area is 253 Å². The van der Waals surface area contributed by atoms with Crippen molar-refractivity contribution in [3.8, 4) is 39.5 Å². The molecule has 0 saturated heterocycles. The lowest BCUT2D eigenvalue weighted by molar-refractivity contribution is 0.0965. The fourth-order valence-corrected chi connectivity index (χ4v) is 6.62. The largest absolute Gasteiger partial charge is 0.490 e. The van der Waals surface area contributed by atoms with Crippen LogP contribution in [0.5, 0.6) is 5.75 Å². The molecule has 5 aromatic rings. The van der Waals surface area contributed by atoms with Crippen molar-refractivity contribution in [3.05, 3.63) is 87.9 Å². The second kappa shape index (κ2) is 11.8. The Kier molecular flexibility index (Phi) is 7.94. The van der Waals surface area contributed by atoms with Crippen LogP contribution in [-0.4, -0.2) is 28.5 Å². The third kappa shape index (κ3) is 5.28. The summed E-state index contributed by atoms with van der Waals surface area (Å²) in [5.74, 6) is -1.42. The van der Waals surface area contributed by atoms with Crippen molar-refractivity contribution in [2.45, 2.75) is 53.3 Å². The maximum Gasteiger partial charge on any atom is 0.251 e. The lowest BCUT2D eigenvalue weighted by Crippen LogP contribution is -2.23. The maximum absolute atomic E-state index is 15.8. The molecule has 7 rings (SSSR count). The number of benzene rings is 2. The van der Waals surface area contributed by atoms with Gasteiger partial charge in [-0.25, -0.2) is 13.8 Å². The van der Waals surface area contributed by atoms with Gasteiger partial charge in [0, 0.05) is 58.2 Å². The van der Waals surface area contributed by atoms with Crippen LogP contribution < -0.4 is 15.4 Å². The van der Waals surface area contributed by atoms with Crippen LogP contribution in [-0.2, 0) is 19.5 Å². The summed E-state index contributed by atoms with van der Waals surface area (Å²) in [5.41, 5.74) is 7.13. The number of halogens is 2. The molecule has 0 spiro atoms. The van der Waals surface area contributed by atoms with Crippen molar-refractivity contribution >= 4 is 27.3 Å². The summed E-state index contributed by atoms with van der Waals surface area (Å²) >= 11 is 1.46. The van der Waals surface area contributed by atoms with Crippen LogP contribution in [0.1, 0.15) is 54.7 Å². The molecule has 43 heavy (non-hydrogen) atoms. The number of ether oxygens (including phenoxy) is 1. The molecule has 2 aliphatic heterocycles. The Balaban J connectivity index is 0.00000161. The molecule has 2 aromatic carbocycles. The molecular formula is C34H32F2N4O2S. The van der Waals surface area contributed by atoms with E-state index in [-0.39, 0.29) is 23.3 Å². The Morgan fingerprint density at radius 1 is 0.953 bits per heavy atom. The molecule has 220 valence electrons. The molecule has 0 saturated carbocycles. The zero-order chi connectivity index (χ0) is 30.2. The van der Waals surface area contributed by atoms with Crippen molar-refractivity contribution in [2.24, 2.45) is 0 Å². The topological polar surface area (TPSA) is 76.1 Å². The van der Waals surface area contributed by atoms with Crippen molar-refractivity contribution in [1.29, 1.82) is 0 Å². The molecule has 0 bridgehead atoms. The van der Waals surface area contributed by atoms with E-state index in [0.717, 1.165) is 45.8 Å². The smallest absolute Gasteiger partial charge is 0.251 e. The van der Waals surface area contributed by atoms with Gasteiger partial charge in [-0.1, -0.05) is 19.9 Å². The summed E-state index contributed by atoms with van der Waals surface area (Å²) in [7, 11) is 0. The summed E-state index contributed by atoms with van der Waals surface area (Å²) < 4.78 is 37.1. The molecule has 2 N–H and O–H groups in total. The first-order valence-electron chi connectivity index (χ1n) is 14.5. The first-order chi connectivity index (χ1) is 20.9. The second-order valence-corrected chi connectivity index (χ2v) is 11.5. The number of carbonyl (C=O) groups is 1. The number of carbonyl (C=O) groups excluding carboxylic acids is 1. The molecule has 3 aromatic heterocycles. The second-order valence-electron chi connectivity index (χ2n) is 10.6. The van der Waals surface area contributed by atoms with Crippen LogP contribution in [0.2, 0.25) is 0 Å². The van der Waals surface area contributed by atoms with Gasteiger partial charge in [-0.2, -0.15) is 0 Å². The number of rotatable bonds is 5. The van der Waals surface area contributed by atoms with E-state index in [1.165, 1.54) is 23.0 Å². The fraction of sp³-hybridized carbons (Fsp3) is 0.265. The average molecular weight is 599 g/mol. The van der Waals surface area contributed by atoms with Crippen LogP contribution in [0, 0.1) is 11.6 Å². The van der Waals surface area contributed by atoms with Crippen LogP contribution in [0.15, 0.2) is 54.0 Å². The number of nitrogens with one attached hydrogen (secondary N) is 2. The number of thiophene rings is 1. The lowest BCUT2D eigenvalue weighted by atomic mass is 9.94. The van der Waals surface area contributed by atoms with E-state index in [1.807, 2.05) is 69.6 Å². The number of pyridine rings is 2. The first kappa shape index (κ1) is 28.9. The highest BCUT2D eigenvalue weighted by molar-refractivity contribution is 7.18. The zero-order valence-electron chi connectivity index (χ0n) is 24.5. The van der Waals surface area contributed by atoms with Crippen molar-refractivity contribution in [2.75, 3.05) is 6.54 Å². The molecule has 0 aliphatic carbocycles. The molecule has 0 radical (unpaired) electrons. The van der Waals surface area contributed by atoms with Gasteiger partial charge in [-0.05, 0) is 73.1 Å². The third-order valence-electron chi connectivity index (χ3n) is 7.51. The molecule has 0 unspecified atom stereocenters. The minimum absolute atomic E-state index is 0.0902. The highest BCUT2D eigenvalue weighted by Gasteiger charge is 2.27. The monoisotopic (exact) mass is 598 g/mol. The molecular weight excluding hydrogens is 566 g/mol. The first-order valence-corrected chi connectivity index (χ1v) is 15.4. The number of fused-ring (bicyclic) bond motifs is 3. The van der Waals surface area contributed by atoms with Crippen molar-refractivity contribution < 1.29 is 18.3 Å². The Hall–Kier alpha value is -4.21. The molecule has 0 atom stereocenters. The van der Waals surface area contributed by atoms with Crippen LogP contribution in [0.25, 0.3) is 43.9 Å². The minimum Gasteiger partial charge on any atom is -0.490 e. The SMILES string of the molecule is CC.CC(C)Oc1cc(F)cc(F)c1-c1c(-c2cc3c(cn2)CCNC3)nc(-c2ccc3c(c2)CNC3=O)c2ccsc12. The van der Waals surface area contributed by atoms with E-state index in [1.54, 1.807) is 0 Å². The van der Waals surface area contributed by atoms with Gasteiger partial charge in [-0.15, -0.1) is 11.3 Å². The minimum atomic E-state index is -0.729. The molecule has 1 amide bonds. The number of amides is 1. The highest BCUT2D eigenvalue weighted by Crippen LogP contribution is 2.47. The summed E-state index contributed by atoms with van der Waals surface area (Å²) in [6.07, 6.45) is 2.44. The quantitative estimate of drug-likeness (QED) is 0.217. The Morgan fingerprint density at radius 3 is 2.60 bits per heavy atom. The average Bonchev–Trinajstić information content (AvgIpc) is 3.64. The summed E-state index contributed by atoms with van der Waals surface area (Å²) in [4.78, 5) is 22.2. The fourth-order valence-electron chi connectivity index (χ4n) is 5.67. The number of aromatic nitrogens is 2. The molecule has 5 heterocycles. The maximum atomic E-state index is 15.8. The highest BCUT2D eigenvalue weighted by atomic mass is 32.1. The predicted octanol–water partition coefficient (Wildman–Crippen LogP) is 7.67. The van der Waals surface area contributed by atoms with E-state index in [4.69, 9.17) is 14.7 Å². The van der Waals surface area contributed by atoms with Crippen LogP contribution in [0.3, 0.4) is 0 Å². The van der Waals surface area contributed by atoms with Gasteiger partial charge in [0.25, 0.3) is 5.91 Å². The van der Waals surface area contributed by atoms with E-state index in [0.29, 0.717) is 41.3 Å². The Morgan fingerprint density at radius 2 is 1.79 bits per heavy atom. The van der Waals surface area contributed by atoms with Crippen molar-refractivity contribution in [1.82, 2.24) is 20.6 Å². The van der Waals surface area contributed by atoms with Crippen molar-refractivity contribution in [3.63, 3.8) is 0 Å². The Bertz CT molecular complexity index is 1870. The van der Waals surface area contributed by atoms with E-state index in [2.05, 4.69) is 10.6 Å². The van der Waals surface area contributed by atoms with E-state index in [9.17, 15) is 9.18 Å². The van der Waals surface area contributed by atoms with Crippen LogP contribution in [0.4, 0.5) is 8.78 Å². The van der Waals surface area contributed by atoms with Gasteiger partial charge < -0.3 is 15.4 Å². The normalized spacial score (nSPS) is 13.8. The van der Waals surface area contributed by atoms with Gasteiger partial charge >= 0.3 is 0 Å². The lowest BCUT2D eigenvalue weighted by Gasteiger charge is -2.21. The van der Waals surface area contributed by atoms with Gasteiger partial charge in [0.15, 0.2) is 0 Å². The predicted molar refractivity (Wildman–Crippen MR) is 167 cm³/mol. The summed E-state index contributed by atoms with van der Waals surface area (Å²) in [5, 5.41) is 9.03. The molecule has 0 fully saturated rings. The third-order valence-corrected chi connectivity index (χ3v) is 8.45. The van der Waals surface area contributed by atoms with Gasteiger partial charge in [0.1, 0.15) is 17.4 Å². The van der Waals surface area contributed by atoms with Gasteiger partial charge in [-0.3, -0.25) is 9.78 Å². The standard InChI is InChI=1S/C32H26F2N4O2S.C2H6/c1-16(2)40-26-12-21(33)11-24(34)27(26)28-30(25-10-19-13-35-7-5-18(19)14-36-25)38-29(23-6-8-41-31(23)28)17-3-4-22-20(9-17)15-37-32(22)39;1-2/h3-4,6,8-12,14,16,35H,5,7,13,15H2,1-2H3,(H,37,39);1-2H3. The zero-order valence-corrected chi connectivity index (χ0v) is 25.3. The summed E-state index contributed by atoms with van der Waals surface area (Å²) in [6, 6.07) is 11.8. The number of hydrogen-bond acceptors (Lipinski definition) is 6. The van der Waals surface area contributed by atoms with Gasteiger partial charge in [0.2, 0.25) is 0 Å². The molecule has 6 nitrogen and oxygen atoms in total. The van der Waals surface area contributed by atoms with E-state index >= 15 is 4.39 Å². The number of hydrogen-bond donors (Lipinski definition) is 2.